The molecule has 0 amide bonds. The van der Waals surface area contributed by atoms with Gasteiger partial charge in [0.05, 0.1) is 5.10 Å². The number of aromatic nitrogens is 3. The summed E-state index contributed by atoms with van der Waals surface area (Å²) in [7, 11) is 0. The van der Waals surface area contributed by atoms with Gasteiger partial charge in [0.2, 0.25) is 0 Å². The molecule has 2 heterocycles. The van der Waals surface area contributed by atoms with Gasteiger partial charge in [-0.15, -0.1) is 4.68 Å². The summed E-state index contributed by atoms with van der Waals surface area (Å²) in [6, 6.07) is 2.00. The third kappa shape index (κ3) is 0.795. The van der Waals surface area contributed by atoms with Gasteiger partial charge in [0, 0.05) is 12.5 Å². The molecule has 50 valence electrons. The van der Waals surface area contributed by atoms with E-state index in [2.05, 4.69) is 22.5 Å². The molecule has 3 nitrogen and oxygen atoms in total. The Morgan fingerprint density at radius 2 is 2.40 bits per heavy atom. The molecule has 0 saturated heterocycles. The molecule has 1 aliphatic rings. The number of allylic oxidation sites excluding steroid dienone is 2. The third-order valence-electron chi connectivity index (χ3n) is 1.60. The molecule has 1 aromatic rings. The Morgan fingerprint density at radius 1 is 1.40 bits per heavy atom. The van der Waals surface area contributed by atoms with E-state index in [0.29, 0.717) is 0 Å². The van der Waals surface area contributed by atoms with E-state index in [1.165, 1.54) is 5.69 Å². The van der Waals surface area contributed by atoms with Gasteiger partial charge in [-0.1, -0.05) is 6.08 Å². The molecule has 0 fully saturated rings. The minimum absolute atomic E-state index is 0.864. The molecule has 0 aromatic carbocycles. The van der Waals surface area contributed by atoms with Crippen molar-refractivity contribution in [3.05, 3.63) is 30.1 Å². The lowest BCUT2D eigenvalue weighted by Gasteiger charge is -2.01. The lowest BCUT2D eigenvalue weighted by molar-refractivity contribution is -0.757. The molecule has 0 bridgehead atoms. The highest BCUT2D eigenvalue weighted by Gasteiger charge is 2.08. The Balaban J connectivity index is 2.47. The topological polar surface area (TPSA) is 29.7 Å². The Kier molecular flexibility index (Phi) is 1.20. The van der Waals surface area contributed by atoms with E-state index >= 15 is 0 Å². The zero-order chi connectivity index (χ0) is 6.81. The van der Waals surface area contributed by atoms with Crippen LogP contribution in [0.2, 0.25) is 0 Å². The number of fused-ring (bicyclic) bond motifs is 1. The minimum atomic E-state index is 0.864. The van der Waals surface area contributed by atoms with Crippen LogP contribution < -0.4 is 4.68 Å². The molecule has 10 heavy (non-hydrogen) atoms. The van der Waals surface area contributed by atoms with E-state index in [4.69, 9.17) is 0 Å². The predicted molar refractivity (Wildman–Crippen MR) is 35.1 cm³/mol. The van der Waals surface area contributed by atoms with Crippen LogP contribution in [0.25, 0.3) is 0 Å². The Morgan fingerprint density at radius 3 is 3.30 bits per heavy atom. The first-order chi connectivity index (χ1) is 4.97. The van der Waals surface area contributed by atoms with Crippen LogP contribution in [0.5, 0.6) is 0 Å². The summed E-state index contributed by atoms with van der Waals surface area (Å²) < 4.78 is 1.90. The second kappa shape index (κ2) is 2.17. The molecule has 1 aromatic heterocycles. The lowest BCUT2D eigenvalue weighted by Crippen LogP contribution is -2.43. The van der Waals surface area contributed by atoms with E-state index in [0.717, 1.165) is 13.0 Å². The van der Waals surface area contributed by atoms with Gasteiger partial charge in [-0.05, 0) is 6.08 Å². The molecular formula is C7H8N3+. The average Bonchev–Trinajstić information content (AvgIpc) is 2.05. The van der Waals surface area contributed by atoms with Gasteiger partial charge in [0.25, 0.3) is 0 Å². The molecule has 3 heteroatoms. The van der Waals surface area contributed by atoms with Crippen molar-refractivity contribution < 1.29 is 4.68 Å². The molecule has 2 rings (SSSR count). The van der Waals surface area contributed by atoms with Crippen molar-refractivity contribution >= 4 is 0 Å². The third-order valence-corrected chi connectivity index (χ3v) is 1.60. The molecule has 0 N–H and O–H groups in total. The SMILES string of the molecule is C1=CC[n+]2nnccc2C1. The van der Waals surface area contributed by atoms with E-state index in [-0.39, 0.29) is 0 Å². The van der Waals surface area contributed by atoms with Gasteiger partial charge in [0.15, 0.2) is 6.20 Å². The van der Waals surface area contributed by atoms with Crippen LogP contribution in [0, 0.1) is 0 Å². The van der Waals surface area contributed by atoms with Crippen LogP contribution in [-0.2, 0) is 13.0 Å². The van der Waals surface area contributed by atoms with Gasteiger partial charge < -0.3 is 0 Å². The Hall–Kier alpha value is -1.25. The van der Waals surface area contributed by atoms with Crippen LogP contribution in [-0.4, -0.2) is 10.3 Å². The summed E-state index contributed by atoms with van der Waals surface area (Å²) >= 11 is 0. The molecule has 0 radical (unpaired) electrons. The molecule has 1 aliphatic heterocycles. The summed E-state index contributed by atoms with van der Waals surface area (Å²) in [6.07, 6.45) is 6.96. The summed E-state index contributed by atoms with van der Waals surface area (Å²) in [6.45, 7) is 0.864. The average molecular weight is 134 g/mol. The Labute approximate surface area is 59.0 Å². The quantitative estimate of drug-likeness (QED) is 0.365. The Bertz CT molecular complexity index is 240. The summed E-state index contributed by atoms with van der Waals surface area (Å²) in [5.41, 5.74) is 1.23. The van der Waals surface area contributed by atoms with E-state index in [1.54, 1.807) is 6.20 Å². The second-order valence-electron chi connectivity index (χ2n) is 2.27. The van der Waals surface area contributed by atoms with Gasteiger partial charge in [-0.3, -0.25) is 0 Å². The minimum Gasteiger partial charge on any atom is -0.130 e. The second-order valence-corrected chi connectivity index (χ2v) is 2.27. The van der Waals surface area contributed by atoms with Crippen LogP contribution in [0.3, 0.4) is 0 Å². The molecule has 0 unspecified atom stereocenters. The zero-order valence-corrected chi connectivity index (χ0v) is 5.57. The van der Waals surface area contributed by atoms with Crippen molar-refractivity contribution in [2.24, 2.45) is 0 Å². The number of rotatable bonds is 0. The fraction of sp³-hybridized carbons (Fsp3) is 0.286. The normalized spacial score (nSPS) is 14.8. The van der Waals surface area contributed by atoms with Gasteiger partial charge in [-0.25, -0.2) is 0 Å². The fourth-order valence-electron chi connectivity index (χ4n) is 1.06. The van der Waals surface area contributed by atoms with Crippen LogP contribution in [0.1, 0.15) is 5.69 Å². The first-order valence-corrected chi connectivity index (χ1v) is 3.32. The van der Waals surface area contributed by atoms with Crippen molar-refractivity contribution in [2.75, 3.05) is 0 Å². The van der Waals surface area contributed by atoms with Crippen molar-refractivity contribution in [3.63, 3.8) is 0 Å². The number of nitrogens with zero attached hydrogens (tertiary/aromatic N) is 3. The van der Waals surface area contributed by atoms with Gasteiger partial charge >= 0.3 is 0 Å². The first kappa shape index (κ1) is 5.53. The lowest BCUT2D eigenvalue weighted by atomic mass is 10.2. The van der Waals surface area contributed by atoms with Gasteiger partial charge in [-0.2, -0.15) is 0 Å². The van der Waals surface area contributed by atoms with Crippen molar-refractivity contribution in [1.82, 2.24) is 10.3 Å². The highest BCUT2D eigenvalue weighted by Crippen LogP contribution is 1.95. The maximum atomic E-state index is 3.93. The summed E-state index contributed by atoms with van der Waals surface area (Å²) in [5.74, 6) is 0. The van der Waals surface area contributed by atoms with Crippen LogP contribution >= 0.6 is 0 Å². The van der Waals surface area contributed by atoms with Crippen molar-refractivity contribution in [3.8, 4) is 0 Å². The highest BCUT2D eigenvalue weighted by molar-refractivity contribution is 5.00. The molecule has 0 atom stereocenters. The van der Waals surface area contributed by atoms with Crippen molar-refractivity contribution in [1.29, 1.82) is 0 Å². The highest BCUT2D eigenvalue weighted by atomic mass is 15.4. The largest absolute Gasteiger partial charge is 0.171 e. The first-order valence-electron chi connectivity index (χ1n) is 3.32. The van der Waals surface area contributed by atoms with Crippen LogP contribution in [0.15, 0.2) is 24.4 Å². The standard InChI is InChI=1S/C7H8N3/c1-2-6-10-7(3-1)4-5-8-9-10/h1-2,4-5H,3,6H2/q+1. The molecular weight excluding hydrogens is 126 g/mol. The smallest absolute Gasteiger partial charge is 0.130 e. The zero-order valence-electron chi connectivity index (χ0n) is 5.57. The fourth-order valence-corrected chi connectivity index (χ4v) is 1.06. The number of hydrogen-bond acceptors (Lipinski definition) is 2. The van der Waals surface area contributed by atoms with Crippen LogP contribution in [0.4, 0.5) is 0 Å². The van der Waals surface area contributed by atoms with E-state index in [9.17, 15) is 0 Å². The van der Waals surface area contributed by atoms with E-state index < -0.39 is 0 Å². The summed E-state index contributed by atoms with van der Waals surface area (Å²) in [5, 5.41) is 7.71. The maximum absolute atomic E-state index is 3.93. The molecule has 0 aliphatic carbocycles. The molecule has 0 saturated carbocycles. The summed E-state index contributed by atoms with van der Waals surface area (Å²) in [4.78, 5) is 0. The predicted octanol–water partition coefficient (Wildman–Crippen LogP) is -0.124. The molecule has 0 spiro atoms. The van der Waals surface area contributed by atoms with Crippen molar-refractivity contribution in [2.45, 2.75) is 13.0 Å². The monoisotopic (exact) mass is 134 g/mol. The van der Waals surface area contributed by atoms with E-state index in [1.807, 2.05) is 10.7 Å². The van der Waals surface area contributed by atoms with Gasteiger partial charge in [0.1, 0.15) is 17.5 Å². The maximum Gasteiger partial charge on any atom is 0.171 e. The number of hydrogen-bond donors (Lipinski definition) is 0.